The highest BCUT2D eigenvalue weighted by Crippen LogP contribution is 2.33. The first-order valence-electron chi connectivity index (χ1n) is 6.72. The van der Waals surface area contributed by atoms with Crippen molar-refractivity contribution in [3.63, 3.8) is 0 Å². The molecule has 0 spiro atoms. The topological polar surface area (TPSA) is 67.1 Å². The Kier molecular flexibility index (Phi) is 4.03. The Bertz CT molecular complexity index is 656. The van der Waals surface area contributed by atoms with Crippen LogP contribution in [0.5, 0.6) is 0 Å². The van der Waals surface area contributed by atoms with Gasteiger partial charge in [-0.05, 0) is 31.0 Å². The van der Waals surface area contributed by atoms with Crippen molar-refractivity contribution >= 4 is 46.2 Å². The van der Waals surface area contributed by atoms with Gasteiger partial charge >= 0.3 is 0 Å². The third kappa shape index (κ3) is 2.99. The van der Waals surface area contributed by atoms with Gasteiger partial charge in [0.25, 0.3) is 0 Å². The summed E-state index contributed by atoms with van der Waals surface area (Å²) in [7, 11) is 0. The molecule has 0 radical (unpaired) electrons. The number of anilines is 4. The van der Waals surface area contributed by atoms with E-state index in [0.29, 0.717) is 27.2 Å². The molecule has 2 heterocycles. The van der Waals surface area contributed by atoms with Gasteiger partial charge in [-0.25, -0.2) is 9.97 Å². The normalized spacial score (nSPS) is 14.5. The fourth-order valence-corrected chi connectivity index (χ4v) is 2.84. The van der Waals surface area contributed by atoms with E-state index in [0.717, 1.165) is 31.7 Å². The van der Waals surface area contributed by atoms with E-state index in [1.165, 1.54) is 6.33 Å². The number of aromatic nitrogens is 2. The fraction of sp³-hybridized carbons (Fsp3) is 0.286. The largest absolute Gasteiger partial charge is 0.393 e. The second-order valence-electron chi connectivity index (χ2n) is 4.90. The van der Waals surface area contributed by atoms with Crippen molar-refractivity contribution in [3.05, 3.63) is 34.6 Å². The maximum Gasteiger partial charge on any atom is 0.159 e. The lowest BCUT2D eigenvalue weighted by Gasteiger charge is -2.19. The quantitative estimate of drug-likeness (QED) is 0.901. The summed E-state index contributed by atoms with van der Waals surface area (Å²) >= 11 is 12.1. The Morgan fingerprint density at radius 1 is 1.14 bits per heavy atom. The van der Waals surface area contributed by atoms with Crippen LogP contribution in [0, 0.1) is 0 Å². The Labute approximate surface area is 133 Å². The van der Waals surface area contributed by atoms with Crippen molar-refractivity contribution in [1.29, 1.82) is 0 Å². The zero-order valence-electron chi connectivity index (χ0n) is 11.3. The van der Waals surface area contributed by atoms with Crippen LogP contribution in [0.2, 0.25) is 10.0 Å². The molecule has 0 saturated carbocycles. The number of halogens is 2. The highest BCUT2D eigenvalue weighted by molar-refractivity contribution is 6.36. The van der Waals surface area contributed by atoms with Crippen LogP contribution in [0.3, 0.4) is 0 Å². The number of benzene rings is 1. The standard InChI is InChI=1S/C14H15Cl2N5/c15-9-3-4-11(10(16)7-9)20-13-12(17)14(19-8-18-13)21-5-1-2-6-21/h3-4,7-8H,1-2,5-6,17H2,(H,18,19,20). The molecular weight excluding hydrogens is 309 g/mol. The van der Waals surface area contributed by atoms with Crippen LogP contribution in [0.1, 0.15) is 12.8 Å². The number of nitrogens with two attached hydrogens (primary N) is 1. The van der Waals surface area contributed by atoms with Crippen molar-refractivity contribution in [1.82, 2.24) is 9.97 Å². The van der Waals surface area contributed by atoms with Crippen LogP contribution in [-0.2, 0) is 0 Å². The molecule has 3 N–H and O–H groups in total. The zero-order chi connectivity index (χ0) is 14.8. The Morgan fingerprint density at radius 2 is 1.90 bits per heavy atom. The Balaban J connectivity index is 1.90. The highest BCUT2D eigenvalue weighted by atomic mass is 35.5. The molecule has 5 nitrogen and oxygen atoms in total. The van der Waals surface area contributed by atoms with Gasteiger partial charge in [0, 0.05) is 18.1 Å². The van der Waals surface area contributed by atoms with Gasteiger partial charge in [-0.2, -0.15) is 0 Å². The van der Waals surface area contributed by atoms with Gasteiger partial charge in [-0.1, -0.05) is 23.2 Å². The number of rotatable bonds is 3. The molecule has 1 aromatic heterocycles. The van der Waals surface area contributed by atoms with E-state index in [-0.39, 0.29) is 0 Å². The lowest BCUT2D eigenvalue weighted by Crippen LogP contribution is -2.21. The van der Waals surface area contributed by atoms with Crippen LogP contribution >= 0.6 is 23.2 Å². The summed E-state index contributed by atoms with van der Waals surface area (Å²) < 4.78 is 0. The van der Waals surface area contributed by atoms with Gasteiger partial charge in [0.15, 0.2) is 11.6 Å². The maximum atomic E-state index is 6.19. The van der Waals surface area contributed by atoms with Gasteiger partial charge in [0.2, 0.25) is 0 Å². The second kappa shape index (κ2) is 5.95. The maximum absolute atomic E-state index is 6.19. The average molecular weight is 324 g/mol. The molecule has 110 valence electrons. The van der Waals surface area contributed by atoms with Crippen molar-refractivity contribution in [2.24, 2.45) is 0 Å². The van der Waals surface area contributed by atoms with Crippen LogP contribution < -0.4 is 16.0 Å². The first-order valence-corrected chi connectivity index (χ1v) is 7.48. The molecule has 0 atom stereocenters. The van der Waals surface area contributed by atoms with Crippen molar-refractivity contribution < 1.29 is 0 Å². The summed E-state index contributed by atoms with van der Waals surface area (Å²) in [6.07, 6.45) is 3.83. The van der Waals surface area contributed by atoms with E-state index < -0.39 is 0 Å². The fourth-order valence-electron chi connectivity index (χ4n) is 2.39. The van der Waals surface area contributed by atoms with Crippen LogP contribution in [0.15, 0.2) is 24.5 Å². The molecule has 7 heteroatoms. The van der Waals surface area contributed by atoms with E-state index in [9.17, 15) is 0 Å². The molecule has 0 bridgehead atoms. The summed E-state index contributed by atoms with van der Waals surface area (Å²) in [5.74, 6) is 1.33. The average Bonchev–Trinajstić information content (AvgIpc) is 2.98. The summed E-state index contributed by atoms with van der Waals surface area (Å²) in [5.41, 5.74) is 7.43. The molecule has 21 heavy (non-hydrogen) atoms. The summed E-state index contributed by atoms with van der Waals surface area (Å²) in [6.45, 7) is 1.95. The van der Waals surface area contributed by atoms with Crippen LogP contribution in [0.25, 0.3) is 0 Å². The summed E-state index contributed by atoms with van der Waals surface area (Å²) in [5, 5.41) is 4.24. The van der Waals surface area contributed by atoms with Crippen LogP contribution in [0.4, 0.5) is 23.0 Å². The van der Waals surface area contributed by atoms with E-state index in [1.807, 2.05) is 0 Å². The zero-order valence-corrected chi connectivity index (χ0v) is 12.8. The van der Waals surface area contributed by atoms with E-state index in [2.05, 4.69) is 20.2 Å². The molecule has 1 saturated heterocycles. The molecule has 1 aromatic carbocycles. The Morgan fingerprint density at radius 3 is 2.62 bits per heavy atom. The number of hydrogen-bond donors (Lipinski definition) is 2. The SMILES string of the molecule is Nc1c(Nc2ccc(Cl)cc2Cl)ncnc1N1CCCC1. The van der Waals surface area contributed by atoms with Crippen molar-refractivity contribution in [3.8, 4) is 0 Å². The van der Waals surface area contributed by atoms with Crippen LogP contribution in [-0.4, -0.2) is 23.1 Å². The van der Waals surface area contributed by atoms with Crippen molar-refractivity contribution in [2.45, 2.75) is 12.8 Å². The molecule has 0 amide bonds. The molecule has 1 fully saturated rings. The van der Waals surface area contributed by atoms with Crippen molar-refractivity contribution in [2.75, 3.05) is 29.0 Å². The summed E-state index contributed by atoms with van der Waals surface area (Å²) in [6, 6.07) is 5.22. The third-order valence-corrected chi connectivity index (χ3v) is 4.00. The number of hydrogen-bond acceptors (Lipinski definition) is 5. The van der Waals surface area contributed by atoms with E-state index in [4.69, 9.17) is 28.9 Å². The van der Waals surface area contributed by atoms with Gasteiger partial charge in [0.1, 0.15) is 12.0 Å². The molecule has 0 aliphatic carbocycles. The molecule has 1 aliphatic heterocycles. The highest BCUT2D eigenvalue weighted by Gasteiger charge is 2.18. The minimum Gasteiger partial charge on any atom is -0.393 e. The lowest BCUT2D eigenvalue weighted by molar-refractivity contribution is 0.931. The predicted octanol–water partition coefficient (Wildman–Crippen LogP) is 3.71. The minimum atomic E-state index is 0.517. The number of nitrogens with zero attached hydrogens (tertiary/aromatic N) is 3. The first kappa shape index (κ1) is 14.2. The molecule has 2 aromatic rings. The first-order chi connectivity index (χ1) is 10.1. The molecule has 0 unspecified atom stereocenters. The third-order valence-electron chi connectivity index (χ3n) is 3.45. The van der Waals surface area contributed by atoms with Gasteiger partial charge in [0.05, 0.1) is 10.7 Å². The van der Waals surface area contributed by atoms with Gasteiger partial charge < -0.3 is 16.0 Å². The van der Waals surface area contributed by atoms with E-state index >= 15 is 0 Å². The monoisotopic (exact) mass is 323 g/mol. The smallest absolute Gasteiger partial charge is 0.159 e. The molecular formula is C14H15Cl2N5. The van der Waals surface area contributed by atoms with Gasteiger partial charge in [-0.3, -0.25) is 0 Å². The van der Waals surface area contributed by atoms with E-state index in [1.54, 1.807) is 18.2 Å². The Hall–Kier alpha value is -1.72. The summed E-state index contributed by atoms with van der Waals surface area (Å²) in [4.78, 5) is 10.7. The lowest BCUT2D eigenvalue weighted by atomic mass is 10.3. The number of nitrogens with one attached hydrogen (secondary N) is 1. The minimum absolute atomic E-state index is 0.517. The predicted molar refractivity (Wildman–Crippen MR) is 87.6 cm³/mol. The number of nitrogen functional groups attached to an aromatic ring is 1. The molecule has 1 aliphatic rings. The molecule has 3 rings (SSSR count). The second-order valence-corrected chi connectivity index (χ2v) is 5.75. The van der Waals surface area contributed by atoms with Gasteiger partial charge in [-0.15, -0.1) is 0 Å².